The van der Waals surface area contributed by atoms with Gasteiger partial charge in [0, 0.05) is 24.5 Å². The van der Waals surface area contributed by atoms with Crippen molar-refractivity contribution in [2.45, 2.75) is 58.4 Å². The van der Waals surface area contributed by atoms with Crippen molar-refractivity contribution in [2.24, 2.45) is 5.92 Å². The Morgan fingerprint density at radius 2 is 1.85 bits per heavy atom. The second-order valence-corrected chi connectivity index (χ2v) is 6.94. The van der Waals surface area contributed by atoms with E-state index in [0.29, 0.717) is 0 Å². The van der Waals surface area contributed by atoms with Gasteiger partial charge in [-0.2, -0.15) is 0 Å². The highest BCUT2D eigenvalue weighted by Gasteiger charge is 2.19. The number of rotatable bonds is 4. The van der Waals surface area contributed by atoms with Gasteiger partial charge in [0.1, 0.15) is 0 Å². The van der Waals surface area contributed by atoms with Crippen molar-refractivity contribution in [1.82, 2.24) is 10.3 Å². The Morgan fingerprint density at radius 3 is 2.45 bits per heavy atom. The van der Waals surface area contributed by atoms with Crippen LogP contribution in [0.2, 0.25) is 0 Å². The van der Waals surface area contributed by atoms with Crippen molar-refractivity contribution in [1.29, 1.82) is 0 Å². The third-order valence-corrected chi connectivity index (χ3v) is 4.01. The molecular formula is C18H28N2. The first kappa shape index (κ1) is 15.2. The predicted molar refractivity (Wildman–Crippen MR) is 86.5 cm³/mol. The van der Waals surface area contributed by atoms with Gasteiger partial charge in [0.2, 0.25) is 0 Å². The smallest absolute Gasteiger partial charge is 0.0273 e. The molecule has 1 saturated carbocycles. The van der Waals surface area contributed by atoms with Crippen molar-refractivity contribution in [3.8, 4) is 0 Å². The average Bonchev–Trinajstić information content (AvgIpc) is 2.44. The zero-order chi connectivity index (χ0) is 14.4. The molecule has 1 aliphatic carbocycles. The minimum atomic E-state index is 0.173. The molecule has 0 radical (unpaired) electrons. The first-order valence-electron chi connectivity index (χ1n) is 7.90. The van der Waals surface area contributed by atoms with Gasteiger partial charge in [-0.25, -0.2) is 0 Å². The summed E-state index contributed by atoms with van der Waals surface area (Å²) >= 11 is 0. The monoisotopic (exact) mass is 272 g/mol. The molecule has 1 heterocycles. The summed E-state index contributed by atoms with van der Waals surface area (Å²) in [5.74, 6) is 0.756. The van der Waals surface area contributed by atoms with Crippen LogP contribution < -0.4 is 5.32 Å². The van der Waals surface area contributed by atoms with E-state index in [2.05, 4.69) is 49.3 Å². The van der Waals surface area contributed by atoms with E-state index < -0.39 is 0 Å². The highest BCUT2D eigenvalue weighted by atomic mass is 14.9. The number of hydrogen-bond acceptors (Lipinski definition) is 2. The van der Waals surface area contributed by atoms with Gasteiger partial charge in [0.05, 0.1) is 0 Å². The number of aromatic nitrogens is 1. The van der Waals surface area contributed by atoms with Crippen LogP contribution in [0.4, 0.5) is 0 Å². The standard InChI is InChI=1S/C18H28N2/c1-18(2,3)20-14-17(16-7-5-4-6-8-16)13-15-9-11-19-12-10-15/h9-13,16,20H,4-8,14H2,1-3H3/b17-13-. The summed E-state index contributed by atoms with van der Waals surface area (Å²) in [5.41, 5.74) is 3.01. The van der Waals surface area contributed by atoms with Gasteiger partial charge in [0.15, 0.2) is 0 Å². The van der Waals surface area contributed by atoms with Gasteiger partial charge >= 0.3 is 0 Å². The molecule has 0 spiro atoms. The summed E-state index contributed by atoms with van der Waals surface area (Å²) in [6.45, 7) is 7.70. The maximum Gasteiger partial charge on any atom is 0.0273 e. The normalized spacial score (nSPS) is 18.2. The van der Waals surface area contributed by atoms with Crippen LogP contribution >= 0.6 is 0 Å². The lowest BCUT2D eigenvalue weighted by Gasteiger charge is -2.28. The number of nitrogens with zero attached hydrogens (tertiary/aromatic N) is 1. The fourth-order valence-corrected chi connectivity index (χ4v) is 2.83. The maximum absolute atomic E-state index is 4.11. The van der Waals surface area contributed by atoms with Crippen LogP contribution in [0.15, 0.2) is 30.1 Å². The number of pyridine rings is 1. The molecule has 1 fully saturated rings. The second kappa shape index (κ2) is 7.03. The minimum absolute atomic E-state index is 0.173. The third kappa shape index (κ3) is 5.09. The van der Waals surface area contributed by atoms with Crippen molar-refractivity contribution in [2.75, 3.05) is 6.54 Å². The van der Waals surface area contributed by atoms with Crippen LogP contribution in [0, 0.1) is 5.92 Å². The van der Waals surface area contributed by atoms with Gasteiger partial charge in [-0.3, -0.25) is 4.98 Å². The number of hydrogen-bond donors (Lipinski definition) is 1. The Morgan fingerprint density at radius 1 is 1.20 bits per heavy atom. The molecule has 0 atom stereocenters. The van der Waals surface area contributed by atoms with Crippen molar-refractivity contribution in [3.63, 3.8) is 0 Å². The lowest BCUT2D eigenvalue weighted by atomic mass is 9.82. The topological polar surface area (TPSA) is 24.9 Å². The summed E-state index contributed by atoms with van der Waals surface area (Å²) < 4.78 is 0. The Kier molecular flexibility index (Phi) is 5.36. The van der Waals surface area contributed by atoms with Gasteiger partial charge in [-0.15, -0.1) is 0 Å². The Bertz CT molecular complexity index is 422. The third-order valence-electron chi connectivity index (χ3n) is 4.01. The van der Waals surface area contributed by atoms with Crippen molar-refractivity contribution >= 4 is 6.08 Å². The highest BCUT2D eigenvalue weighted by molar-refractivity contribution is 5.53. The molecule has 2 heteroatoms. The van der Waals surface area contributed by atoms with E-state index in [4.69, 9.17) is 0 Å². The van der Waals surface area contributed by atoms with Crippen LogP contribution in [-0.4, -0.2) is 17.1 Å². The molecule has 1 aromatic rings. The first-order valence-corrected chi connectivity index (χ1v) is 7.90. The molecule has 0 saturated heterocycles. The van der Waals surface area contributed by atoms with Crippen LogP contribution in [0.25, 0.3) is 6.08 Å². The Hall–Kier alpha value is -1.15. The molecule has 20 heavy (non-hydrogen) atoms. The summed E-state index contributed by atoms with van der Waals surface area (Å²) in [4.78, 5) is 4.11. The SMILES string of the molecule is CC(C)(C)NC/C(=C/c1ccncc1)C1CCCCC1. The highest BCUT2D eigenvalue weighted by Crippen LogP contribution is 2.30. The molecule has 2 nitrogen and oxygen atoms in total. The summed E-state index contributed by atoms with van der Waals surface area (Å²) in [6.07, 6.45) is 13.0. The van der Waals surface area contributed by atoms with E-state index in [0.717, 1.165) is 12.5 Å². The molecule has 0 bridgehead atoms. The van der Waals surface area contributed by atoms with E-state index >= 15 is 0 Å². The van der Waals surface area contributed by atoms with E-state index in [-0.39, 0.29) is 5.54 Å². The fraction of sp³-hybridized carbons (Fsp3) is 0.611. The maximum atomic E-state index is 4.11. The zero-order valence-corrected chi connectivity index (χ0v) is 13.2. The van der Waals surface area contributed by atoms with Crippen LogP contribution in [0.1, 0.15) is 58.4 Å². The molecule has 110 valence electrons. The average molecular weight is 272 g/mol. The van der Waals surface area contributed by atoms with Gasteiger partial charge in [-0.05, 0) is 57.2 Å². The van der Waals surface area contributed by atoms with Crippen LogP contribution in [0.3, 0.4) is 0 Å². The summed E-state index contributed by atoms with van der Waals surface area (Å²) in [7, 11) is 0. The number of nitrogens with one attached hydrogen (secondary N) is 1. The van der Waals surface area contributed by atoms with E-state index in [1.807, 2.05) is 12.4 Å². The fourth-order valence-electron chi connectivity index (χ4n) is 2.83. The molecule has 0 aromatic carbocycles. The second-order valence-electron chi connectivity index (χ2n) is 6.94. The molecule has 2 rings (SSSR count). The van der Waals surface area contributed by atoms with Gasteiger partial charge in [0.25, 0.3) is 0 Å². The van der Waals surface area contributed by atoms with Gasteiger partial charge < -0.3 is 5.32 Å². The van der Waals surface area contributed by atoms with E-state index in [9.17, 15) is 0 Å². The van der Waals surface area contributed by atoms with Crippen molar-refractivity contribution in [3.05, 3.63) is 35.7 Å². The van der Waals surface area contributed by atoms with Crippen LogP contribution in [-0.2, 0) is 0 Å². The summed E-state index contributed by atoms with van der Waals surface area (Å²) in [6, 6.07) is 4.19. The largest absolute Gasteiger partial charge is 0.308 e. The quantitative estimate of drug-likeness (QED) is 0.877. The Labute approximate surface area is 123 Å². The Balaban J connectivity index is 2.12. The van der Waals surface area contributed by atoms with Gasteiger partial charge in [-0.1, -0.05) is 30.9 Å². The molecular weight excluding hydrogens is 244 g/mol. The molecule has 1 aliphatic rings. The first-order chi connectivity index (χ1) is 9.54. The van der Waals surface area contributed by atoms with Crippen LogP contribution in [0.5, 0.6) is 0 Å². The van der Waals surface area contributed by atoms with E-state index in [1.54, 1.807) is 5.57 Å². The molecule has 1 N–H and O–H groups in total. The molecule has 0 unspecified atom stereocenters. The minimum Gasteiger partial charge on any atom is -0.308 e. The lowest BCUT2D eigenvalue weighted by molar-refractivity contribution is 0.378. The van der Waals surface area contributed by atoms with Crippen molar-refractivity contribution < 1.29 is 0 Å². The lowest BCUT2D eigenvalue weighted by Crippen LogP contribution is -2.38. The molecule has 1 aromatic heterocycles. The molecule has 0 aliphatic heterocycles. The predicted octanol–water partition coefficient (Wildman–Crippen LogP) is 4.43. The summed E-state index contributed by atoms with van der Waals surface area (Å²) in [5, 5.41) is 3.66. The molecule has 0 amide bonds. The zero-order valence-electron chi connectivity index (χ0n) is 13.2. The van der Waals surface area contributed by atoms with E-state index in [1.165, 1.54) is 37.7 Å².